The Morgan fingerprint density at radius 1 is 0.931 bits per heavy atom. The van der Waals surface area contributed by atoms with Gasteiger partial charge in [-0.3, -0.25) is 39.1 Å². The van der Waals surface area contributed by atoms with Gasteiger partial charge in [-0.25, -0.2) is 9.37 Å². The summed E-state index contributed by atoms with van der Waals surface area (Å²) in [7, 11) is 0. The summed E-state index contributed by atoms with van der Waals surface area (Å²) in [5.41, 5.74) is 1.17. The van der Waals surface area contributed by atoms with Gasteiger partial charge in [0.15, 0.2) is 0 Å². The maximum atomic E-state index is 16.0. The number of hydrogen-bond donors (Lipinski definition) is 1. The van der Waals surface area contributed by atoms with Gasteiger partial charge in [-0.15, -0.1) is 0 Å². The number of anilines is 1. The molecule has 3 saturated heterocycles. The van der Waals surface area contributed by atoms with Gasteiger partial charge in [0, 0.05) is 84.9 Å². The van der Waals surface area contributed by atoms with Gasteiger partial charge in [-0.1, -0.05) is 51.1 Å². The molecule has 1 saturated carbocycles. The third kappa shape index (κ3) is 5.76. The largest absolute Gasteiger partial charge is 0.489 e. The van der Waals surface area contributed by atoms with Crippen LogP contribution in [0.5, 0.6) is 5.75 Å². The Bertz CT molecular complexity index is 2460. The molecular weight excluding hydrogens is 765 g/mol. The number of hydrogen-bond acceptors (Lipinski definition) is 10. The standard InChI is InChI=1S/C43H39ClFN7O6/c1-42(2)40(43(3,4)41(42)58-27-9-7-23(15-46)31(44)14-27)51-21-30-34(45)24(16-47-35(30)39(51)57)6-5-22-17-49(18-22)26-19-50(20-26)25-8-10-28-29(13-25)38(56)52(37(28)55)32-11-12-33(53)48-36(32)54/h7-10,13-14,16,22,26,32,40-41H,11-12,17-21H2,1-4H3,(H,48,53,54). The van der Waals surface area contributed by atoms with Crippen molar-refractivity contribution in [1.82, 2.24) is 25.0 Å². The molecule has 1 atom stereocenters. The number of nitriles is 1. The first-order chi connectivity index (χ1) is 27.6. The van der Waals surface area contributed by atoms with Crippen LogP contribution < -0.4 is 15.0 Å². The molecule has 6 aliphatic rings. The molecule has 5 aliphatic heterocycles. The molecule has 58 heavy (non-hydrogen) atoms. The Morgan fingerprint density at radius 2 is 1.66 bits per heavy atom. The molecule has 4 fully saturated rings. The zero-order chi connectivity index (χ0) is 41.0. The van der Waals surface area contributed by atoms with Gasteiger partial charge in [0.05, 0.1) is 33.8 Å². The second-order valence-electron chi connectivity index (χ2n) is 17.2. The minimum Gasteiger partial charge on any atom is -0.489 e. The second-order valence-corrected chi connectivity index (χ2v) is 17.6. The molecular formula is C43H39ClFN7O6. The van der Waals surface area contributed by atoms with E-state index in [2.05, 4.69) is 31.9 Å². The van der Waals surface area contributed by atoms with E-state index in [4.69, 9.17) is 16.3 Å². The molecule has 1 aliphatic carbocycles. The van der Waals surface area contributed by atoms with Crippen LogP contribution in [0, 0.1) is 45.7 Å². The van der Waals surface area contributed by atoms with Crippen LogP contribution in [0.4, 0.5) is 10.1 Å². The minimum atomic E-state index is -1.01. The Kier molecular flexibility index (Phi) is 8.69. The van der Waals surface area contributed by atoms with Gasteiger partial charge >= 0.3 is 0 Å². The molecule has 9 rings (SSSR count). The van der Waals surface area contributed by atoms with Crippen LogP contribution in [0.1, 0.15) is 88.4 Å². The number of likely N-dealkylation sites (tertiary alicyclic amines) is 1. The van der Waals surface area contributed by atoms with Crippen LogP contribution in [0.3, 0.4) is 0 Å². The molecule has 296 valence electrons. The highest BCUT2D eigenvalue weighted by atomic mass is 35.5. The summed E-state index contributed by atoms with van der Waals surface area (Å²) in [5, 5.41) is 11.8. The summed E-state index contributed by atoms with van der Waals surface area (Å²) in [6.45, 7) is 11.1. The number of benzene rings is 2. The maximum Gasteiger partial charge on any atom is 0.273 e. The number of carbonyl (C=O) groups is 5. The Labute approximate surface area is 339 Å². The first-order valence-corrected chi connectivity index (χ1v) is 19.7. The quantitative estimate of drug-likeness (QED) is 0.284. The highest BCUT2D eigenvalue weighted by Gasteiger charge is 2.67. The van der Waals surface area contributed by atoms with Gasteiger partial charge < -0.3 is 14.5 Å². The highest BCUT2D eigenvalue weighted by molar-refractivity contribution is 6.31. The average molecular weight is 804 g/mol. The van der Waals surface area contributed by atoms with E-state index in [1.54, 1.807) is 41.3 Å². The number of carbonyl (C=O) groups excluding carboxylic acids is 5. The van der Waals surface area contributed by atoms with E-state index in [1.165, 1.54) is 6.20 Å². The van der Waals surface area contributed by atoms with Crippen LogP contribution in [-0.2, 0) is 16.1 Å². The smallest absolute Gasteiger partial charge is 0.273 e. The second kappa shape index (κ2) is 13.4. The molecule has 15 heteroatoms. The summed E-state index contributed by atoms with van der Waals surface area (Å²) >= 11 is 6.25. The molecule has 6 heterocycles. The van der Waals surface area contributed by atoms with Crippen molar-refractivity contribution in [3.05, 3.63) is 86.9 Å². The fourth-order valence-electron chi connectivity index (χ4n) is 10.2. The van der Waals surface area contributed by atoms with Crippen molar-refractivity contribution >= 4 is 46.8 Å². The Balaban J connectivity index is 0.799. The molecule has 0 spiro atoms. The average Bonchev–Trinajstić information content (AvgIpc) is 3.59. The topological polar surface area (TPSA) is 156 Å². The molecule has 0 radical (unpaired) electrons. The predicted molar refractivity (Wildman–Crippen MR) is 207 cm³/mol. The number of ether oxygens (including phenoxy) is 1. The molecule has 1 unspecified atom stereocenters. The van der Waals surface area contributed by atoms with Crippen molar-refractivity contribution in [3.8, 4) is 23.7 Å². The molecule has 5 amide bonds. The number of nitrogens with one attached hydrogen (secondary N) is 1. The zero-order valence-corrected chi connectivity index (χ0v) is 33.0. The molecule has 13 nitrogen and oxygen atoms in total. The van der Waals surface area contributed by atoms with Crippen LogP contribution >= 0.6 is 11.6 Å². The Morgan fingerprint density at radius 3 is 2.34 bits per heavy atom. The fraction of sp³-hybridized carbons (Fsp3) is 0.419. The van der Waals surface area contributed by atoms with Gasteiger partial charge in [0.2, 0.25) is 11.8 Å². The summed E-state index contributed by atoms with van der Waals surface area (Å²) in [4.78, 5) is 75.5. The molecule has 1 aromatic heterocycles. The lowest BCUT2D eigenvalue weighted by molar-refractivity contribution is -0.199. The van der Waals surface area contributed by atoms with Crippen LogP contribution in [-0.4, -0.2) is 99.6 Å². The van der Waals surface area contributed by atoms with Crippen molar-refractivity contribution in [1.29, 1.82) is 5.26 Å². The molecule has 1 N–H and O–H groups in total. The van der Waals surface area contributed by atoms with E-state index < -0.39 is 46.3 Å². The number of piperidine rings is 1. The van der Waals surface area contributed by atoms with E-state index in [1.807, 2.05) is 33.8 Å². The number of nitrogens with zero attached hydrogens (tertiary/aromatic N) is 6. The van der Waals surface area contributed by atoms with E-state index in [0.717, 1.165) is 36.8 Å². The third-order valence-electron chi connectivity index (χ3n) is 12.8. The maximum absolute atomic E-state index is 16.0. The summed E-state index contributed by atoms with van der Waals surface area (Å²) in [5.74, 6) is 3.80. The first-order valence-electron chi connectivity index (χ1n) is 19.3. The summed E-state index contributed by atoms with van der Waals surface area (Å²) in [6, 6.07) is 11.1. The SMILES string of the molecule is CC1(C)C(Oc2ccc(C#N)c(Cl)c2)C(C)(C)C1N1Cc2c(ncc(C#CC3CN(C4CN(c5ccc6c(c5)C(=O)N(C5CCC(=O)NC5=O)C6=O)C4)C3)c2F)C1=O. The van der Waals surface area contributed by atoms with E-state index in [0.29, 0.717) is 16.3 Å². The van der Waals surface area contributed by atoms with E-state index in [-0.39, 0.29) is 77.3 Å². The van der Waals surface area contributed by atoms with Gasteiger partial charge in [0.1, 0.15) is 35.5 Å². The van der Waals surface area contributed by atoms with Crippen molar-refractivity contribution in [2.75, 3.05) is 31.1 Å². The molecule has 0 bridgehead atoms. The number of imide groups is 2. The zero-order valence-electron chi connectivity index (χ0n) is 32.3. The van der Waals surface area contributed by atoms with Crippen LogP contribution in [0.2, 0.25) is 5.02 Å². The van der Waals surface area contributed by atoms with Gasteiger partial charge in [-0.05, 0) is 36.8 Å². The van der Waals surface area contributed by atoms with Crippen molar-refractivity contribution in [2.45, 2.75) is 71.3 Å². The lowest BCUT2D eigenvalue weighted by Crippen LogP contribution is -2.74. The number of pyridine rings is 1. The predicted octanol–water partition coefficient (Wildman–Crippen LogP) is 4.16. The van der Waals surface area contributed by atoms with Crippen molar-refractivity contribution in [2.24, 2.45) is 16.7 Å². The first kappa shape index (κ1) is 37.7. The van der Waals surface area contributed by atoms with Gasteiger partial charge in [0.25, 0.3) is 17.7 Å². The number of aromatic nitrogens is 1. The van der Waals surface area contributed by atoms with E-state index in [9.17, 15) is 29.2 Å². The number of rotatable bonds is 6. The van der Waals surface area contributed by atoms with Gasteiger partial charge in [-0.2, -0.15) is 5.26 Å². The van der Waals surface area contributed by atoms with Crippen molar-refractivity contribution < 1.29 is 33.1 Å². The normalized spacial score (nSPS) is 24.9. The van der Waals surface area contributed by atoms with Crippen LogP contribution in [0.15, 0.2) is 42.6 Å². The van der Waals surface area contributed by atoms with E-state index >= 15 is 4.39 Å². The fourth-order valence-corrected chi connectivity index (χ4v) is 10.4. The lowest BCUT2D eigenvalue weighted by atomic mass is 9.49. The number of fused-ring (bicyclic) bond motifs is 2. The molecule has 3 aromatic rings. The highest BCUT2D eigenvalue weighted by Crippen LogP contribution is 2.59. The van der Waals surface area contributed by atoms with Crippen molar-refractivity contribution in [3.63, 3.8) is 0 Å². The summed E-state index contributed by atoms with van der Waals surface area (Å²) in [6.07, 6.45) is 1.21. The number of halogens is 2. The number of amides is 5. The summed E-state index contributed by atoms with van der Waals surface area (Å²) < 4.78 is 22.4. The monoisotopic (exact) mass is 803 g/mol. The molecule has 2 aromatic carbocycles. The minimum absolute atomic E-state index is 0.0428. The van der Waals surface area contributed by atoms with Crippen LogP contribution in [0.25, 0.3) is 0 Å². The third-order valence-corrected chi connectivity index (χ3v) is 13.1. The Hall–Kier alpha value is -5.83. The lowest BCUT2D eigenvalue weighted by Gasteiger charge is -2.65.